The van der Waals surface area contributed by atoms with Crippen molar-refractivity contribution in [2.75, 3.05) is 26.3 Å². The quantitative estimate of drug-likeness (QED) is 0.261. The van der Waals surface area contributed by atoms with E-state index in [1.165, 1.54) is 28.9 Å². The van der Waals surface area contributed by atoms with Crippen molar-refractivity contribution in [3.63, 3.8) is 0 Å². The number of thiocarbonyl (C=S) groups is 1. The van der Waals surface area contributed by atoms with Gasteiger partial charge in [0.05, 0.1) is 24.2 Å². The zero-order chi connectivity index (χ0) is 34.0. The molecule has 3 atom stereocenters. The van der Waals surface area contributed by atoms with Crippen LogP contribution in [-0.2, 0) is 19.1 Å². The smallest absolute Gasteiger partial charge is 0.411 e. The lowest BCUT2D eigenvalue weighted by Gasteiger charge is -2.37. The molecule has 0 radical (unpaired) electrons. The molecule has 2 heterocycles. The number of hydrogen-bond acceptors (Lipinski definition) is 9. The highest BCUT2D eigenvalue weighted by molar-refractivity contribution is 7.80. The van der Waals surface area contributed by atoms with Crippen molar-refractivity contribution in [2.24, 2.45) is 22.7 Å². The van der Waals surface area contributed by atoms with Crippen LogP contribution in [0.2, 0.25) is 0 Å². The molecule has 12 nitrogen and oxygen atoms in total. The molecule has 0 aromatic rings. The summed E-state index contributed by atoms with van der Waals surface area (Å²) < 4.78 is 10.1. The fraction of sp³-hybridized carbons (Fsp3) is 0.645. The van der Waals surface area contributed by atoms with E-state index >= 15 is 0 Å². The first kappa shape index (κ1) is 40.2. The molecule has 2 aliphatic rings. The number of nitrogens with one attached hydrogen (secondary N) is 2. The molecule has 4 amide bonds. The van der Waals surface area contributed by atoms with E-state index in [0.29, 0.717) is 41.4 Å². The van der Waals surface area contributed by atoms with Crippen molar-refractivity contribution >= 4 is 47.0 Å². The maximum absolute atomic E-state index is 12.3. The molecule has 0 spiro atoms. The van der Waals surface area contributed by atoms with Crippen molar-refractivity contribution in [1.82, 2.24) is 20.4 Å². The van der Waals surface area contributed by atoms with E-state index in [1.54, 1.807) is 6.07 Å². The summed E-state index contributed by atoms with van der Waals surface area (Å²) in [6, 6.07) is 1.25. The number of amides is 4. The minimum absolute atomic E-state index is 0.0115. The maximum Gasteiger partial charge on any atom is 0.411 e. The summed E-state index contributed by atoms with van der Waals surface area (Å²) in [6.45, 7) is 23.0. The van der Waals surface area contributed by atoms with Crippen molar-refractivity contribution in [2.45, 2.75) is 86.4 Å². The van der Waals surface area contributed by atoms with Gasteiger partial charge in [-0.05, 0) is 37.5 Å². The lowest BCUT2D eigenvalue weighted by atomic mass is 9.99. The van der Waals surface area contributed by atoms with Gasteiger partial charge in [-0.15, -0.1) is 0 Å². The van der Waals surface area contributed by atoms with Crippen LogP contribution in [0.1, 0.15) is 68.2 Å². The van der Waals surface area contributed by atoms with Gasteiger partial charge >= 0.3 is 12.2 Å². The van der Waals surface area contributed by atoms with Crippen LogP contribution in [0.15, 0.2) is 30.3 Å². The van der Waals surface area contributed by atoms with Crippen LogP contribution in [0, 0.1) is 29.1 Å². The van der Waals surface area contributed by atoms with Crippen LogP contribution in [-0.4, -0.2) is 89.1 Å². The molecule has 0 saturated carbocycles. The Morgan fingerprint density at radius 1 is 0.932 bits per heavy atom. The van der Waals surface area contributed by atoms with Gasteiger partial charge in [0.2, 0.25) is 11.8 Å². The highest BCUT2D eigenvalue weighted by atomic mass is 32.1. The lowest BCUT2D eigenvalue weighted by Crippen LogP contribution is -2.60. The first-order valence-corrected chi connectivity index (χ1v) is 15.1. The molecule has 2 fully saturated rings. The van der Waals surface area contributed by atoms with E-state index in [4.69, 9.17) is 27.0 Å². The summed E-state index contributed by atoms with van der Waals surface area (Å²) in [6.07, 6.45) is 3.37. The molecule has 2 aliphatic heterocycles. The van der Waals surface area contributed by atoms with E-state index in [9.17, 15) is 19.2 Å². The molecule has 2 saturated heterocycles. The van der Waals surface area contributed by atoms with Gasteiger partial charge in [-0.3, -0.25) is 24.4 Å². The minimum Gasteiger partial charge on any atom is -0.445 e. The highest BCUT2D eigenvalue weighted by Gasteiger charge is 2.37. The number of carbonyl (C=O) groups is 4. The number of nitriles is 1. The molecule has 246 valence electrons. The maximum atomic E-state index is 12.3. The summed E-state index contributed by atoms with van der Waals surface area (Å²) in [5, 5.41) is 12.8. The van der Waals surface area contributed by atoms with Crippen molar-refractivity contribution in [3.8, 4) is 6.07 Å². The standard InChI is InChI=1S/C17H29N3O3.C12H18N2O3S.C2H3N/c1-7-8-23-17(22)20-10-15(21)19-16(14(20)9-11(2)3)18-13(6)12(4)5;1-4-5-17-12(16)14-7-10(15)13-11(18)9(14)6-8(2)3;1-2-3/h7,11-14H,1,8-10H2,2-6H3,(H,18,19,21);4,8-9H,1,5-7H2,2-3H3,(H,13,15,18);1H3/t13-,14?;9-;/m10./s1. The van der Waals surface area contributed by atoms with Crippen LogP contribution in [0.3, 0.4) is 0 Å². The van der Waals surface area contributed by atoms with Crippen molar-refractivity contribution in [1.29, 1.82) is 5.26 Å². The number of piperazine rings is 2. The number of rotatable bonds is 10. The predicted molar refractivity (Wildman–Crippen MR) is 175 cm³/mol. The second-order valence-corrected chi connectivity index (χ2v) is 11.9. The monoisotopic (exact) mass is 634 g/mol. The summed E-state index contributed by atoms with van der Waals surface area (Å²) in [5.74, 6) is 1.10. The van der Waals surface area contributed by atoms with Crippen LogP contribution >= 0.6 is 12.2 Å². The number of aliphatic imine (C=N–C) groups is 1. The van der Waals surface area contributed by atoms with Crippen LogP contribution in [0.25, 0.3) is 0 Å². The average molecular weight is 635 g/mol. The van der Waals surface area contributed by atoms with Crippen molar-refractivity contribution in [3.05, 3.63) is 25.3 Å². The van der Waals surface area contributed by atoms with Gasteiger partial charge in [0.25, 0.3) is 0 Å². The number of nitrogens with zero attached hydrogens (tertiary/aromatic N) is 4. The molecule has 0 aromatic heterocycles. The van der Waals surface area contributed by atoms with Gasteiger partial charge in [-0.25, -0.2) is 9.59 Å². The van der Waals surface area contributed by atoms with E-state index in [-0.39, 0.29) is 56.2 Å². The van der Waals surface area contributed by atoms with Gasteiger partial charge in [-0.1, -0.05) is 79.1 Å². The van der Waals surface area contributed by atoms with E-state index in [0.717, 1.165) is 0 Å². The Hall–Kier alpha value is -3.79. The molecule has 1 unspecified atom stereocenters. The Kier molecular flexibility index (Phi) is 19.2. The molecule has 0 aromatic carbocycles. The fourth-order valence-electron chi connectivity index (χ4n) is 4.01. The predicted octanol–water partition coefficient (Wildman–Crippen LogP) is 4.61. The average Bonchev–Trinajstić information content (AvgIpc) is 2.93. The molecular weight excluding hydrogens is 584 g/mol. The minimum atomic E-state index is -0.530. The number of hydrogen-bond donors (Lipinski definition) is 2. The third kappa shape index (κ3) is 14.6. The molecule has 0 aliphatic carbocycles. The third-order valence-electron chi connectivity index (χ3n) is 6.34. The van der Waals surface area contributed by atoms with E-state index in [2.05, 4.69) is 56.5 Å². The van der Waals surface area contributed by atoms with Crippen LogP contribution in [0.4, 0.5) is 9.59 Å². The molecule has 2 rings (SSSR count). The SMILES string of the molecule is C=CCOC(=O)N1CC(=O)NC(=N[C@H](C)C(C)C)C1CC(C)C.C=CCOC(=O)N1CC(=O)NC(=S)[C@@H]1CC(C)C.CC#N. The molecule has 0 bridgehead atoms. The topological polar surface area (TPSA) is 153 Å². The highest BCUT2D eigenvalue weighted by Crippen LogP contribution is 2.19. The Bertz CT molecular complexity index is 1080. The van der Waals surface area contributed by atoms with E-state index in [1.807, 2.05) is 20.8 Å². The molecule has 13 heteroatoms. The van der Waals surface area contributed by atoms with Gasteiger partial charge in [-0.2, -0.15) is 5.26 Å². The normalized spacial score (nSPS) is 19.5. The molecular formula is C31H50N6O6S. The first-order valence-electron chi connectivity index (χ1n) is 14.7. The molecule has 2 N–H and O–H groups in total. The van der Waals surface area contributed by atoms with Crippen LogP contribution < -0.4 is 10.6 Å². The second kappa shape index (κ2) is 21.0. The summed E-state index contributed by atoms with van der Waals surface area (Å²) in [7, 11) is 0. The molecule has 44 heavy (non-hydrogen) atoms. The number of carbonyl (C=O) groups excluding carboxylic acids is 4. The fourth-order valence-corrected chi connectivity index (χ4v) is 4.34. The zero-order valence-electron chi connectivity index (χ0n) is 27.4. The second-order valence-electron chi connectivity index (χ2n) is 11.5. The van der Waals surface area contributed by atoms with Crippen molar-refractivity contribution < 1.29 is 28.7 Å². The first-order chi connectivity index (χ1) is 20.6. The summed E-state index contributed by atoms with van der Waals surface area (Å²) in [4.78, 5) is 55.4. The Morgan fingerprint density at radius 3 is 1.75 bits per heavy atom. The van der Waals surface area contributed by atoms with Gasteiger partial charge in [0.15, 0.2) is 0 Å². The number of amidine groups is 1. The van der Waals surface area contributed by atoms with Crippen LogP contribution in [0.5, 0.6) is 0 Å². The van der Waals surface area contributed by atoms with Gasteiger partial charge in [0.1, 0.15) is 37.1 Å². The summed E-state index contributed by atoms with van der Waals surface area (Å²) in [5.41, 5.74) is 0. The summed E-state index contributed by atoms with van der Waals surface area (Å²) >= 11 is 5.13. The largest absolute Gasteiger partial charge is 0.445 e. The van der Waals surface area contributed by atoms with Gasteiger partial charge in [0, 0.05) is 6.92 Å². The Balaban J connectivity index is 0.000000790. The van der Waals surface area contributed by atoms with Gasteiger partial charge < -0.3 is 20.1 Å². The number of ether oxygens (including phenoxy) is 2. The third-order valence-corrected chi connectivity index (χ3v) is 6.72. The Morgan fingerprint density at radius 2 is 1.34 bits per heavy atom. The zero-order valence-corrected chi connectivity index (χ0v) is 28.2. The Labute approximate surface area is 267 Å². The lowest BCUT2D eigenvalue weighted by molar-refractivity contribution is -0.122. The van der Waals surface area contributed by atoms with E-state index < -0.39 is 12.2 Å².